The summed E-state index contributed by atoms with van der Waals surface area (Å²) >= 11 is 3.49. The van der Waals surface area contributed by atoms with Crippen molar-refractivity contribution in [2.24, 2.45) is 5.92 Å². The lowest BCUT2D eigenvalue weighted by molar-refractivity contribution is -0.134. The van der Waals surface area contributed by atoms with Crippen LogP contribution >= 0.6 is 15.9 Å². The Labute approximate surface area is 148 Å². The van der Waals surface area contributed by atoms with E-state index >= 15 is 0 Å². The van der Waals surface area contributed by atoms with Gasteiger partial charge in [0, 0.05) is 4.47 Å². The largest absolute Gasteiger partial charge is 0.454 e. The van der Waals surface area contributed by atoms with E-state index in [2.05, 4.69) is 28.2 Å². The number of hydrogen-bond acceptors (Lipinski definition) is 4. The van der Waals surface area contributed by atoms with Crippen LogP contribution in [0.5, 0.6) is 11.5 Å². The quantitative estimate of drug-likeness (QED) is 0.782. The highest BCUT2D eigenvalue weighted by molar-refractivity contribution is 9.10. The second-order valence-corrected chi connectivity index (χ2v) is 7.59. The summed E-state index contributed by atoms with van der Waals surface area (Å²) < 4.78 is 11.5. The molecule has 3 aliphatic rings. The molecule has 128 valence electrons. The molecule has 1 N–H and O–H groups in total. The molecule has 1 aromatic carbocycles. The molecule has 2 heterocycles. The molecule has 1 saturated carbocycles. The van der Waals surface area contributed by atoms with Gasteiger partial charge in [-0.25, -0.2) is 4.79 Å². The first kappa shape index (κ1) is 15.7. The highest BCUT2D eigenvalue weighted by Gasteiger charge is 2.54. The van der Waals surface area contributed by atoms with Gasteiger partial charge in [-0.3, -0.25) is 9.69 Å². The standard InChI is InChI=1S/C17H19BrN2O4/c1-10-4-2-3-5-17(10)15(21)20(16(22)19-17)8-11-6-13-14(7-12(11)18)24-9-23-13/h6-7,10H,2-5,8-9H2,1H3,(H,19,22)/t10-,17+/m0/s1. The van der Waals surface area contributed by atoms with Crippen LogP contribution in [-0.4, -0.2) is 29.2 Å². The van der Waals surface area contributed by atoms with E-state index in [9.17, 15) is 9.59 Å². The molecule has 24 heavy (non-hydrogen) atoms. The van der Waals surface area contributed by atoms with Gasteiger partial charge in [0.25, 0.3) is 5.91 Å². The highest BCUT2D eigenvalue weighted by Crippen LogP contribution is 2.40. The van der Waals surface area contributed by atoms with Crippen molar-refractivity contribution in [2.75, 3.05) is 6.79 Å². The van der Waals surface area contributed by atoms with Crippen LogP contribution < -0.4 is 14.8 Å². The number of benzene rings is 1. The average Bonchev–Trinajstić information content (AvgIpc) is 3.09. The van der Waals surface area contributed by atoms with Crippen LogP contribution in [0.2, 0.25) is 0 Å². The van der Waals surface area contributed by atoms with Crippen molar-refractivity contribution in [3.8, 4) is 11.5 Å². The third kappa shape index (κ3) is 2.29. The molecule has 7 heteroatoms. The van der Waals surface area contributed by atoms with Crippen molar-refractivity contribution in [1.29, 1.82) is 0 Å². The summed E-state index contributed by atoms with van der Waals surface area (Å²) in [5.41, 5.74) is 0.0984. The van der Waals surface area contributed by atoms with Gasteiger partial charge in [0.1, 0.15) is 5.54 Å². The molecule has 0 radical (unpaired) electrons. The maximum Gasteiger partial charge on any atom is 0.325 e. The van der Waals surface area contributed by atoms with Crippen molar-refractivity contribution >= 4 is 27.9 Å². The molecule has 1 aliphatic carbocycles. The summed E-state index contributed by atoms with van der Waals surface area (Å²) in [6.45, 7) is 2.46. The predicted molar refractivity (Wildman–Crippen MR) is 89.7 cm³/mol. The smallest absolute Gasteiger partial charge is 0.325 e. The number of nitrogens with zero attached hydrogens (tertiary/aromatic N) is 1. The Hall–Kier alpha value is -1.76. The lowest BCUT2D eigenvalue weighted by atomic mass is 9.73. The number of rotatable bonds is 2. The Bertz CT molecular complexity index is 723. The van der Waals surface area contributed by atoms with Gasteiger partial charge in [0.05, 0.1) is 6.54 Å². The van der Waals surface area contributed by atoms with Gasteiger partial charge in [-0.05, 0) is 36.5 Å². The minimum atomic E-state index is -0.724. The number of carbonyl (C=O) groups excluding carboxylic acids is 2. The van der Waals surface area contributed by atoms with Gasteiger partial charge in [0.2, 0.25) is 6.79 Å². The zero-order valence-electron chi connectivity index (χ0n) is 13.4. The number of ether oxygens (including phenoxy) is 2. The van der Waals surface area contributed by atoms with Crippen molar-refractivity contribution < 1.29 is 19.1 Å². The molecule has 1 aromatic rings. The Balaban J connectivity index is 1.61. The van der Waals surface area contributed by atoms with Gasteiger partial charge in [-0.2, -0.15) is 0 Å². The van der Waals surface area contributed by atoms with Crippen molar-refractivity contribution in [3.05, 3.63) is 22.2 Å². The normalized spacial score (nSPS) is 28.6. The number of fused-ring (bicyclic) bond motifs is 1. The summed E-state index contributed by atoms with van der Waals surface area (Å²) in [4.78, 5) is 26.8. The molecule has 1 spiro atoms. The summed E-state index contributed by atoms with van der Waals surface area (Å²) in [6, 6.07) is 3.33. The molecule has 6 nitrogen and oxygen atoms in total. The maximum atomic E-state index is 13.0. The van der Waals surface area contributed by atoms with Crippen LogP contribution in [0.1, 0.15) is 38.2 Å². The monoisotopic (exact) mass is 394 g/mol. The zero-order valence-corrected chi connectivity index (χ0v) is 15.0. The van der Waals surface area contributed by atoms with Gasteiger partial charge in [-0.1, -0.05) is 35.7 Å². The number of amides is 3. The summed E-state index contributed by atoms with van der Waals surface area (Å²) in [5, 5.41) is 2.98. The van der Waals surface area contributed by atoms with E-state index in [1.54, 1.807) is 0 Å². The molecule has 2 fully saturated rings. The molecule has 4 rings (SSSR count). The fraction of sp³-hybridized carbons (Fsp3) is 0.529. The fourth-order valence-corrected chi connectivity index (χ4v) is 4.34. The minimum absolute atomic E-state index is 0.107. The van der Waals surface area contributed by atoms with Gasteiger partial charge < -0.3 is 14.8 Å². The topological polar surface area (TPSA) is 67.9 Å². The summed E-state index contributed by atoms with van der Waals surface area (Å²) in [7, 11) is 0. The Morgan fingerprint density at radius 2 is 2.04 bits per heavy atom. The number of urea groups is 1. The first-order chi connectivity index (χ1) is 11.5. The number of halogens is 1. The lowest BCUT2D eigenvalue weighted by Crippen LogP contribution is -2.53. The third-order valence-electron chi connectivity index (χ3n) is 5.37. The Morgan fingerprint density at radius 1 is 1.29 bits per heavy atom. The van der Waals surface area contributed by atoms with E-state index in [1.807, 2.05) is 12.1 Å². The van der Waals surface area contributed by atoms with Crippen LogP contribution in [0.3, 0.4) is 0 Å². The molecule has 1 saturated heterocycles. The fourth-order valence-electron chi connectivity index (χ4n) is 3.89. The zero-order chi connectivity index (χ0) is 16.9. The Kier molecular flexibility index (Phi) is 3.71. The summed E-state index contributed by atoms with van der Waals surface area (Å²) in [5.74, 6) is 1.36. The Morgan fingerprint density at radius 3 is 2.79 bits per heavy atom. The second kappa shape index (κ2) is 5.65. The molecule has 0 unspecified atom stereocenters. The lowest BCUT2D eigenvalue weighted by Gasteiger charge is -2.36. The molecule has 2 aliphatic heterocycles. The molecule has 2 atom stereocenters. The van der Waals surface area contributed by atoms with E-state index < -0.39 is 5.54 Å². The molecular weight excluding hydrogens is 376 g/mol. The SMILES string of the molecule is C[C@H]1CCCC[C@@]12NC(=O)N(Cc1cc3c(cc1Br)OCO3)C2=O. The average molecular weight is 395 g/mol. The number of hydrogen-bond donors (Lipinski definition) is 1. The van der Waals surface area contributed by atoms with Crippen molar-refractivity contribution in [1.82, 2.24) is 10.2 Å². The van der Waals surface area contributed by atoms with Gasteiger partial charge in [0.15, 0.2) is 11.5 Å². The maximum absolute atomic E-state index is 13.0. The predicted octanol–water partition coefficient (Wildman–Crippen LogP) is 3.18. The summed E-state index contributed by atoms with van der Waals surface area (Å²) in [6.07, 6.45) is 3.77. The first-order valence-electron chi connectivity index (χ1n) is 8.23. The van der Waals surface area contributed by atoms with E-state index in [0.29, 0.717) is 11.5 Å². The third-order valence-corrected chi connectivity index (χ3v) is 6.11. The van der Waals surface area contributed by atoms with Crippen LogP contribution in [0.4, 0.5) is 4.79 Å². The highest BCUT2D eigenvalue weighted by atomic mass is 79.9. The van der Waals surface area contributed by atoms with E-state index in [4.69, 9.17) is 9.47 Å². The van der Waals surface area contributed by atoms with Crippen molar-refractivity contribution in [2.45, 2.75) is 44.7 Å². The van der Waals surface area contributed by atoms with Crippen LogP contribution in [0.15, 0.2) is 16.6 Å². The van der Waals surface area contributed by atoms with Crippen LogP contribution in [0, 0.1) is 5.92 Å². The molecule has 3 amide bonds. The first-order valence-corrected chi connectivity index (χ1v) is 9.03. The molecule has 0 bridgehead atoms. The van der Waals surface area contributed by atoms with Crippen molar-refractivity contribution in [3.63, 3.8) is 0 Å². The molecular formula is C17H19BrN2O4. The van der Waals surface area contributed by atoms with E-state index in [0.717, 1.165) is 35.7 Å². The minimum Gasteiger partial charge on any atom is -0.454 e. The van der Waals surface area contributed by atoms with E-state index in [1.165, 1.54) is 4.90 Å². The number of carbonyl (C=O) groups is 2. The van der Waals surface area contributed by atoms with Crippen LogP contribution in [-0.2, 0) is 11.3 Å². The van der Waals surface area contributed by atoms with Crippen LogP contribution in [0.25, 0.3) is 0 Å². The van der Waals surface area contributed by atoms with Gasteiger partial charge in [-0.15, -0.1) is 0 Å². The molecule has 0 aromatic heterocycles. The number of nitrogens with one attached hydrogen (secondary N) is 1. The van der Waals surface area contributed by atoms with Gasteiger partial charge >= 0.3 is 6.03 Å². The number of imide groups is 1. The second-order valence-electron chi connectivity index (χ2n) is 6.74. The van der Waals surface area contributed by atoms with E-state index in [-0.39, 0.29) is 31.2 Å².